The molecule has 1 unspecified atom stereocenters. The minimum Gasteiger partial charge on any atom is -0.444 e. The van der Waals surface area contributed by atoms with E-state index < -0.39 is 0 Å². The van der Waals surface area contributed by atoms with Crippen molar-refractivity contribution in [2.75, 3.05) is 46.3 Å². The number of piperazine rings is 1. The Morgan fingerprint density at radius 3 is 2.44 bits per heavy atom. The maximum absolute atomic E-state index is 12.7. The van der Waals surface area contributed by atoms with Crippen LogP contribution >= 0.6 is 24.0 Å². The molecule has 0 saturated carbocycles. The van der Waals surface area contributed by atoms with Crippen LogP contribution in [0, 0.1) is 0 Å². The van der Waals surface area contributed by atoms with E-state index in [9.17, 15) is 4.79 Å². The molecule has 9 heteroatoms. The molecule has 3 heterocycles. The summed E-state index contributed by atoms with van der Waals surface area (Å²) in [7, 11) is 1.80. The number of nitrogens with one attached hydrogen (secondary N) is 1. The van der Waals surface area contributed by atoms with Crippen molar-refractivity contribution in [1.82, 2.24) is 25.0 Å². The van der Waals surface area contributed by atoms with Gasteiger partial charge in [0.1, 0.15) is 6.26 Å². The highest BCUT2D eigenvalue weighted by molar-refractivity contribution is 14.0. The number of likely N-dealkylation sites (tertiary alicyclic amines) is 1. The predicted octanol–water partition coefficient (Wildman–Crippen LogP) is 2.66. The van der Waals surface area contributed by atoms with Gasteiger partial charge in [-0.1, -0.05) is 18.2 Å². The van der Waals surface area contributed by atoms with Crippen LogP contribution in [0.4, 0.5) is 0 Å². The lowest BCUT2D eigenvalue weighted by molar-refractivity contribution is -0.135. The fraction of sp³-hybridized carbons (Fsp3) is 0.522. The summed E-state index contributed by atoms with van der Waals surface area (Å²) >= 11 is 0. The molecule has 1 N–H and O–H groups in total. The van der Waals surface area contributed by atoms with E-state index in [1.165, 1.54) is 0 Å². The number of hydrogen-bond donors (Lipinski definition) is 1. The van der Waals surface area contributed by atoms with Crippen LogP contribution in [0.25, 0.3) is 11.5 Å². The first-order chi connectivity index (χ1) is 15.2. The Kier molecular flexibility index (Phi) is 8.92. The minimum atomic E-state index is -0.0539. The van der Waals surface area contributed by atoms with Gasteiger partial charge in [0.05, 0.1) is 18.3 Å². The van der Waals surface area contributed by atoms with Gasteiger partial charge in [-0.2, -0.15) is 0 Å². The maximum atomic E-state index is 12.7. The third-order valence-corrected chi connectivity index (χ3v) is 6.15. The summed E-state index contributed by atoms with van der Waals surface area (Å²) in [5, 5.41) is 3.39. The summed E-state index contributed by atoms with van der Waals surface area (Å²) in [5.41, 5.74) is 1.80. The van der Waals surface area contributed by atoms with E-state index in [-0.39, 0.29) is 35.9 Å². The molecule has 2 aromatic rings. The summed E-state index contributed by atoms with van der Waals surface area (Å²) in [4.78, 5) is 28.2. The number of guanidine groups is 1. The molecule has 1 aromatic heterocycles. The van der Waals surface area contributed by atoms with Crippen molar-refractivity contribution in [1.29, 1.82) is 0 Å². The van der Waals surface area contributed by atoms with Gasteiger partial charge in [-0.15, -0.1) is 24.0 Å². The normalized spacial score (nSPS) is 18.4. The number of nitrogens with zero attached hydrogens (tertiary/aromatic N) is 5. The second kappa shape index (κ2) is 11.6. The van der Waals surface area contributed by atoms with Gasteiger partial charge in [0.2, 0.25) is 11.8 Å². The van der Waals surface area contributed by atoms with Gasteiger partial charge < -0.3 is 19.5 Å². The van der Waals surface area contributed by atoms with Gasteiger partial charge in [0.25, 0.3) is 0 Å². The summed E-state index contributed by atoms with van der Waals surface area (Å²) in [6, 6.07) is 9.83. The number of rotatable bonds is 5. The monoisotopic (exact) mass is 552 g/mol. The van der Waals surface area contributed by atoms with Crippen LogP contribution in [0.2, 0.25) is 0 Å². The van der Waals surface area contributed by atoms with Crippen molar-refractivity contribution in [3.63, 3.8) is 0 Å². The van der Waals surface area contributed by atoms with Crippen molar-refractivity contribution < 1.29 is 9.21 Å². The molecule has 1 amide bonds. The third kappa shape index (κ3) is 5.80. The van der Waals surface area contributed by atoms with E-state index in [1.54, 1.807) is 13.3 Å². The number of halogens is 1. The lowest BCUT2D eigenvalue weighted by Gasteiger charge is -2.39. The number of oxazole rings is 1. The van der Waals surface area contributed by atoms with Crippen molar-refractivity contribution in [3.8, 4) is 11.5 Å². The van der Waals surface area contributed by atoms with Crippen LogP contribution in [-0.4, -0.2) is 83.9 Å². The van der Waals surface area contributed by atoms with E-state index >= 15 is 0 Å². The first kappa shape index (κ1) is 24.5. The van der Waals surface area contributed by atoms with Crippen molar-refractivity contribution in [2.45, 2.75) is 32.4 Å². The first-order valence-electron chi connectivity index (χ1n) is 11.1. The molecular formula is C23H33IN6O2. The van der Waals surface area contributed by atoms with Gasteiger partial charge in [-0.3, -0.25) is 14.7 Å². The number of amides is 1. The average molecular weight is 552 g/mol. The van der Waals surface area contributed by atoms with Gasteiger partial charge in [0.15, 0.2) is 5.96 Å². The topological polar surface area (TPSA) is 77.2 Å². The number of carbonyl (C=O) groups excluding carboxylic acids is 1. The average Bonchev–Trinajstić information content (AvgIpc) is 3.52. The molecule has 0 bridgehead atoms. The molecule has 0 spiro atoms. The van der Waals surface area contributed by atoms with Crippen LogP contribution in [0.1, 0.15) is 25.5 Å². The van der Waals surface area contributed by atoms with Gasteiger partial charge in [0, 0.05) is 51.9 Å². The van der Waals surface area contributed by atoms with E-state index in [2.05, 4.69) is 25.1 Å². The molecule has 1 aromatic carbocycles. The Balaban J connectivity index is 0.00000289. The molecule has 4 rings (SSSR count). The number of benzene rings is 1. The smallest absolute Gasteiger partial charge is 0.239 e. The van der Waals surface area contributed by atoms with Crippen molar-refractivity contribution in [3.05, 3.63) is 42.3 Å². The third-order valence-electron chi connectivity index (χ3n) is 6.15. The summed E-state index contributed by atoms with van der Waals surface area (Å²) in [6.07, 6.45) is 3.95. The number of aromatic nitrogens is 1. The van der Waals surface area contributed by atoms with E-state index in [0.29, 0.717) is 12.4 Å². The Morgan fingerprint density at radius 2 is 1.78 bits per heavy atom. The SMILES string of the molecule is CN=C(NCc1coc(-c2ccccc2)n1)N1CCN(C(C)C(=O)N2CCCC2)CC1.I. The lowest BCUT2D eigenvalue weighted by Crippen LogP contribution is -2.57. The highest BCUT2D eigenvalue weighted by Crippen LogP contribution is 2.18. The Bertz CT molecular complexity index is 889. The highest BCUT2D eigenvalue weighted by Gasteiger charge is 2.30. The first-order valence-corrected chi connectivity index (χ1v) is 11.1. The van der Waals surface area contributed by atoms with Crippen LogP contribution in [0.5, 0.6) is 0 Å². The number of aliphatic imine (C=N–C) groups is 1. The zero-order valence-electron chi connectivity index (χ0n) is 18.9. The van der Waals surface area contributed by atoms with Gasteiger partial charge >= 0.3 is 0 Å². The highest BCUT2D eigenvalue weighted by atomic mass is 127. The zero-order chi connectivity index (χ0) is 21.6. The largest absolute Gasteiger partial charge is 0.444 e. The Labute approximate surface area is 207 Å². The molecule has 2 fully saturated rings. The molecule has 1 atom stereocenters. The number of hydrogen-bond acceptors (Lipinski definition) is 5. The van der Waals surface area contributed by atoms with Crippen molar-refractivity contribution in [2.24, 2.45) is 4.99 Å². The molecule has 2 saturated heterocycles. The van der Waals surface area contributed by atoms with E-state index in [1.807, 2.05) is 42.2 Å². The molecule has 0 radical (unpaired) electrons. The predicted molar refractivity (Wildman–Crippen MR) is 136 cm³/mol. The van der Waals surface area contributed by atoms with Gasteiger partial charge in [-0.25, -0.2) is 4.98 Å². The second-order valence-electron chi connectivity index (χ2n) is 8.14. The van der Waals surface area contributed by atoms with Crippen LogP contribution in [-0.2, 0) is 11.3 Å². The second-order valence-corrected chi connectivity index (χ2v) is 8.14. The van der Waals surface area contributed by atoms with Crippen LogP contribution < -0.4 is 5.32 Å². The lowest BCUT2D eigenvalue weighted by atomic mass is 10.2. The van der Waals surface area contributed by atoms with E-state index in [0.717, 1.165) is 69.3 Å². The molecule has 0 aliphatic carbocycles. The Morgan fingerprint density at radius 1 is 1.09 bits per heavy atom. The molecule has 8 nitrogen and oxygen atoms in total. The molecular weight excluding hydrogens is 519 g/mol. The maximum Gasteiger partial charge on any atom is 0.239 e. The fourth-order valence-corrected chi connectivity index (χ4v) is 4.28. The van der Waals surface area contributed by atoms with Gasteiger partial charge in [-0.05, 0) is 31.9 Å². The quantitative estimate of drug-likeness (QED) is 0.350. The molecule has 32 heavy (non-hydrogen) atoms. The molecule has 2 aliphatic heterocycles. The molecule has 2 aliphatic rings. The standard InChI is InChI=1S/C23H32N6O2.HI/c1-18(22(30)28-10-6-7-11-28)27-12-14-29(15-13-27)23(24-2)25-16-20-17-31-21(26-20)19-8-4-3-5-9-19;/h3-5,8-9,17-18H,6-7,10-16H2,1-2H3,(H,24,25);1H. The number of carbonyl (C=O) groups is 1. The fourth-order valence-electron chi connectivity index (χ4n) is 4.28. The summed E-state index contributed by atoms with van der Waals surface area (Å²) in [5.74, 6) is 1.74. The summed E-state index contributed by atoms with van der Waals surface area (Å²) < 4.78 is 5.62. The summed E-state index contributed by atoms with van der Waals surface area (Å²) in [6.45, 7) is 7.79. The van der Waals surface area contributed by atoms with Crippen molar-refractivity contribution >= 4 is 35.8 Å². The van der Waals surface area contributed by atoms with Crippen LogP contribution in [0.3, 0.4) is 0 Å². The molecule has 174 valence electrons. The minimum absolute atomic E-state index is 0. The van der Waals surface area contributed by atoms with E-state index in [4.69, 9.17) is 4.42 Å². The Hall–Kier alpha value is -2.14. The van der Waals surface area contributed by atoms with Crippen LogP contribution in [0.15, 0.2) is 46.0 Å². The zero-order valence-corrected chi connectivity index (χ0v) is 21.2.